The molecule has 0 N–H and O–H groups in total. The smallest absolute Gasteiger partial charge is 0.267 e. The minimum atomic E-state index is -0.408. The minimum Gasteiger partial charge on any atom is -0.510 e. The molecule has 7 aromatic carbocycles. The summed E-state index contributed by atoms with van der Waals surface area (Å²) in [7, 11) is 0. The third-order valence-electron chi connectivity index (χ3n) is 15.0. The van der Waals surface area contributed by atoms with Crippen molar-refractivity contribution >= 4 is 21.8 Å². The number of hydrogen-bond donors (Lipinski definition) is 0. The van der Waals surface area contributed by atoms with Gasteiger partial charge in [-0.05, 0) is 91.0 Å². The summed E-state index contributed by atoms with van der Waals surface area (Å²) in [5.41, 5.74) is 12.2. The van der Waals surface area contributed by atoms with E-state index in [4.69, 9.17) is 9.72 Å². The van der Waals surface area contributed by atoms with Crippen molar-refractivity contribution in [1.82, 2.24) is 14.1 Å². The van der Waals surface area contributed by atoms with Gasteiger partial charge in [0, 0.05) is 61.3 Å². The van der Waals surface area contributed by atoms with E-state index in [-0.39, 0.29) is 42.7 Å². The molecule has 73 heavy (non-hydrogen) atoms. The second-order valence-corrected chi connectivity index (χ2v) is 23.1. The fourth-order valence-electron chi connectivity index (χ4n) is 10.3. The molecule has 0 amide bonds. The van der Waals surface area contributed by atoms with Gasteiger partial charge in [-0.15, -0.1) is 29.8 Å². The Labute approximate surface area is 447 Å². The molecular formula is C67H66N4OPt-2. The summed E-state index contributed by atoms with van der Waals surface area (Å²) in [6, 6.07) is 68.2. The van der Waals surface area contributed by atoms with Crippen LogP contribution in [0, 0.1) is 18.5 Å². The van der Waals surface area contributed by atoms with Gasteiger partial charge in [-0.25, -0.2) is 4.98 Å². The quantitative estimate of drug-likeness (QED) is 0.0956. The largest absolute Gasteiger partial charge is 0.510 e. The Morgan fingerprint density at radius 2 is 1.05 bits per heavy atom. The van der Waals surface area contributed by atoms with Crippen LogP contribution < -0.4 is 9.30 Å². The van der Waals surface area contributed by atoms with Gasteiger partial charge in [0.2, 0.25) is 0 Å². The van der Waals surface area contributed by atoms with Gasteiger partial charge < -0.3 is 13.9 Å². The summed E-state index contributed by atoms with van der Waals surface area (Å²) >= 11 is 0. The van der Waals surface area contributed by atoms with Crippen LogP contribution in [-0.2, 0) is 48.1 Å². The molecule has 0 fully saturated rings. The molecule has 10 aromatic rings. The number of nitrogens with zero attached hydrogens (tertiary/aromatic N) is 4. The van der Waals surface area contributed by atoms with Gasteiger partial charge in [0.15, 0.2) is 0 Å². The van der Waals surface area contributed by atoms with Crippen molar-refractivity contribution in [2.75, 3.05) is 0 Å². The topological polar surface area (TPSA) is 35.9 Å². The van der Waals surface area contributed by atoms with Crippen LogP contribution in [-0.4, -0.2) is 14.1 Å². The number of para-hydroxylation sites is 1. The molecule has 3 heterocycles. The van der Waals surface area contributed by atoms with E-state index in [9.17, 15) is 0 Å². The van der Waals surface area contributed by atoms with Crippen LogP contribution in [0.15, 0.2) is 182 Å². The number of fused-ring (bicyclic) bond motifs is 3. The van der Waals surface area contributed by atoms with E-state index in [1.807, 2.05) is 18.3 Å². The Balaban J connectivity index is 0.00000656. The summed E-state index contributed by atoms with van der Waals surface area (Å²) in [5, 5.41) is 2.27. The van der Waals surface area contributed by atoms with E-state index < -0.39 is 5.41 Å². The number of ether oxygens (including phenoxy) is 1. The molecule has 0 saturated carbocycles. The molecule has 0 atom stereocenters. The van der Waals surface area contributed by atoms with Crippen molar-refractivity contribution in [2.24, 2.45) is 0 Å². The molecule has 6 heteroatoms. The number of hydrogen-bond acceptors (Lipinski definition) is 2. The normalized spacial score (nSPS) is 12.5. The molecule has 0 saturated heterocycles. The fraction of sp³-hybridized carbons (Fsp3) is 0.254. The summed E-state index contributed by atoms with van der Waals surface area (Å²) in [5.74, 6) is 2.01. The van der Waals surface area contributed by atoms with Crippen molar-refractivity contribution in [2.45, 2.75) is 110 Å². The monoisotopic (exact) mass is 1140 g/mol. The van der Waals surface area contributed by atoms with Crippen LogP contribution in [0.1, 0.15) is 128 Å². The maximum atomic E-state index is 6.99. The Kier molecular flexibility index (Phi) is 13.5. The zero-order valence-corrected chi connectivity index (χ0v) is 46.6. The average Bonchev–Trinajstić information content (AvgIpc) is 3.98. The molecule has 372 valence electrons. The van der Waals surface area contributed by atoms with E-state index >= 15 is 0 Å². The predicted molar refractivity (Wildman–Crippen MR) is 296 cm³/mol. The van der Waals surface area contributed by atoms with E-state index in [1.165, 1.54) is 33.4 Å². The Morgan fingerprint density at radius 3 is 1.63 bits per heavy atom. The maximum Gasteiger partial charge on any atom is 0.267 e. The number of rotatable bonds is 11. The van der Waals surface area contributed by atoms with Gasteiger partial charge in [0.05, 0.1) is 11.4 Å². The van der Waals surface area contributed by atoms with Gasteiger partial charge in [-0.3, -0.25) is 4.57 Å². The maximum absolute atomic E-state index is 6.99. The van der Waals surface area contributed by atoms with Gasteiger partial charge in [-0.1, -0.05) is 209 Å². The van der Waals surface area contributed by atoms with Crippen LogP contribution in [0.2, 0.25) is 0 Å². The van der Waals surface area contributed by atoms with Crippen LogP contribution >= 0.6 is 0 Å². The first-order valence-corrected chi connectivity index (χ1v) is 25.3. The number of benzene rings is 7. The van der Waals surface area contributed by atoms with Crippen LogP contribution in [0.3, 0.4) is 0 Å². The Morgan fingerprint density at radius 1 is 0.493 bits per heavy atom. The third kappa shape index (κ3) is 9.66. The molecule has 0 radical (unpaired) electrons. The second kappa shape index (κ2) is 19.2. The third-order valence-corrected chi connectivity index (χ3v) is 15.0. The summed E-state index contributed by atoms with van der Waals surface area (Å²) in [4.78, 5) is 5.00. The zero-order chi connectivity index (χ0) is 50.8. The first kappa shape index (κ1) is 51.1. The Hall–Kier alpha value is -6.81. The zero-order valence-electron chi connectivity index (χ0n) is 44.3. The molecule has 5 nitrogen and oxygen atoms in total. The number of imidazole rings is 1. The van der Waals surface area contributed by atoms with E-state index in [1.54, 1.807) is 0 Å². The van der Waals surface area contributed by atoms with E-state index in [0.717, 1.165) is 50.3 Å². The van der Waals surface area contributed by atoms with Crippen molar-refractivity contribution in [3.05, 3.63) is 245 Å². The molecule has 0 unspecified atom stereocenters. The summed E-state index contributed by atoms with van der Waals surface area (Å²) < 4.78 is 13.5. The molecule has 3 aromatic heterocycles. The van der Waals surface area contributed by atoms with E-state index in [0.29, 0.717) is 11.5 Å². The number of pyridine rings is 1. The molecule has 0 spiro atoms. The molecule has 0 aliphatic heterocycles. The van der Waals surface area contributed by atoms with Crippen molar-refractivity contribution in [3.8, 4) is 28.7 Å². The SMILES string of the molecule is CC(C)(C)c1ccnc(-n2c3[c-]c(Oc4[c-]c(-n5[c-][n+](-c6cc(C(C)(C)c7ccccc7)cc(C(C)(C)c7ccccc7)c6)c(C(C)(C)C)c5)ccc4)cc(C(C)(C)c4ccccc4)c3c3ccccc32)c1.[Pt]. The van der Waals surface area contributed by atoms with Crippen LogP contribution in [0.4, 0.5) is 0 Å². The van der Waals surface area contributed by atoms with Crippen LogP contribution in [0.5, 0.6) is 11.5 Å². The van der Waals surface area contributed by atoms with Gasteiger partial charge in [-0.2, -0.15) is 12.1 Å². The fourth-order valence-corrected chi connectivity index (χ4v) is 10.3. The average molecular weight is 1140 g/mol. The first-order chi connectivity index (χ1) is 34.2. The second-order valence-electron chi connectivity index (χ2n) is 23.1. The van der Waals surface area contributed by atoms with Crippen molar-refractivity contribution in [1.29, 1.82) is 0 Å². The van der Waals surface area contributed by atoms with Gasteiger partial charge >= 0.3 is 0 Å². The summed E-state index contributed by atoms with van der Waals surface area (Å²) in [6.07, 6.45) is 7.92. The van der Waals surface area contributed by atoms with Gasteiger partial charge in [0.1, 0.15) is 5.82 Å². The first-order valence-electron chi connectivity index (χ1n) is 25.3. The van der Waals surface area contributed by atoms with Gasteiger partial charge in [0.25, 0.3) is 6.33 Å². The van der Waals surface area contributed by atoms with Crippen LogP contribution in [0.25, 0.3) is 39.0 Å². The predicted octanol–water partition coefficient (Wildman–Crippen LogP) is 16.0. The van der Waals surface area contributed by atoms with E-state index in [2.05, 4.69) is 279 Å². The van der Waals surface area contributed by atoms with Crippen molar-refractivity contribution in [3.63, 3.8) is 0 Å². The minimum absolute atomic E-state index is 0. The molecule has 0 aliphatic carbocycles. The standard InChI is InChI=1S/C67H66N4O.Pt/c1-63(2,3)49-35-36-68-61(40-49)71-58-34-23-22-33-56(58)62-57(67(11,12)48-29-20-15-21-30-48)42-55(43-59(62)71)72-54-32-24-31-52(41-54)69-44-60(64(4,5)6)70(45-69)53-38-50(65(7,8)46-25-16-13-17-26-46)37-51(39-53)66(9,10)47-27-18-14-19-28-47;/h13-40,42,44H,1-12H3;/q-2;. The molecule has 0 bridgehead atoms. The Bertz CT molecular complexity index is 3520. The molecule has 10 rings (SSSR count). The van der Waals surface area contributed by atoms with Crippen molar-refractivity contribution < 1.29 is 30.4 Å². The number of aromatic nitrogens is 4. The molecular weight excluding hydrogens is 1070 g/mol. The molecule has 0 aliphatic rings. The summed E-state index contributed by atoms with van der Waals surface area (Å²) in [6.45, 7) is 27.4.